The number of nitrogens with zero attached hydrogens (tertiary/aromatic N) is 4. The quantitative estimate of drug-likeness (QED) is 0.550. The molecule has 18 heavy (non-hydrogen) atoms. The van der Waals surface area contributed by atoms with Gasteiger partial charge in [-0.05, 0) is 6.92 Å². The van der Waals surface area contributed by atoms with Crippen LogP contribution < -0.4 is 0 Å². The number of nitro benzene ring substituents is 1. The van der Waals surface area contributed by atoms with Crippen LogP contribution in [-0.4, -0.2) is 24.7 Å². The molecule has 7 nitrogen and oxygen atoms in total. The van der Waals surface area contributed by atoms with Crippen molar-refractivity contribution in [2.45, 2.75) is 6.92 Å². The normalized spacial score (nSPS) is 10.9. The number of hydrogen-bond acceptors (Lipinski definition) is 4. The molecule has 1 aromatic carbocycles. The highest BCUT2D eigenvalue weighted by Gasteiger charge is 2.13. The first-order valence-corrected chi connectivity index (χ1v) is 5.31. The van der Waals surface area contributed by atoms with Crippen LogP contribution in [0.2, 0.25) is 0 Å². The summed E-state index contributed by atoms with van der Waals surface area (Å²) in [6, 6.07) is 8.17. The molecule has 0 saturated carbocycles. The SMILES string of the molecule is Cc1cc2[nH]nc(-c3cccc([N+](=O)[O-])c3)n2n1. The number of fused-ring (bicyclic) bond motifs is 1. The van der Waals surface area contributed by atoms with Crippen molar-refractivity contribution < 1.29 is 4.92 Å². The van der Waals surface area contributed by atoms with Crippen LogP contribution in [0.5, 0.6) is 0 Å². The number of nitro groups is 1. The van der Waals surface area contributed by atoms with Gasteiger partial charge in [-0.1, -0.05) is 12.1 Å². The van der Waals surface area contributed by atoms with E-state index >= 15 is 0 Å². The zero-order valence-corrected chi connectivity index (χ0v) is 9.49. The Labute approximate surface area is 101 Å². The van der Waals surface area contributed by atoms with Gasteiger partial charge >= 0.3 is 0 Å². The van der Waals surface area contributed by atoms with Crippen molar-refractivity contribution in [2.24, 2.45) is 0 Å². The topological polar surface area (TPSA) is 89.1 Å². The van der Waals surface area contributed by atoms with Crippen molar-refractivity contribution in [1.82, 2.24) is 19.8 Å². The Morgan fingerprint density at radius 1 is 1.39 bits per heavy atom. The van der Waals surface area contributed by atoms with Crippen LogP contribution in [0.3, 0.4) is 0 Å². The number of nitrogens with one attached hydrogen (secondary N) is 1. The van der Waals surface area contributed by atoms with Crippen LogP contribution in [0.4, 0.5) is 5.69 Å². The van der Waals surface area contributed by atoms with Gasteiger partial charge in [-0.15, -0.1) is 0 Å². The minimum Gasteiger partial charge on any atom is -0.259 e. The zero-order valence-electron chi connectivity index (χ0n) is 9.49. The molecule has 90 valence electrons. The number of hydrogen-bond donors (Lipinski definition) is 1. The van der Waals surface area contributed by atoms with Crippen molar-refractivity contribution in [3.05, 3.63) is 46.1 Å². The highest BCUT2D eigenvalue weighted by Crippen LogP contribution is 2.22. The fraction of sp³-hybridized carbons (Fsp3) is 0.0909. The summed E-state index contributed by atoms with van der Waals surface area (Å²) in [5, 5.41) is 22.0. The van der Waals surface area contributed by atoms with Gasteiger partial charge < -0.3 is 0 Å². The van der Waals surface area contributed by atoms with Crippen LogP contribution in [0.15, 0.2) is 30.3 Å². The van der Waals surface area contributed by atoms with Crippen molar-refractivity contribution in [2.75, 3.05) is 0 Å². The fourth-order valence-electron chi connectivity index (χ4n) is 1.84. The highest BCUT2D eigenvalue weighted by molar-refractivity contribution is 5.62. The van der Waals surface area contributed by atoms with Crippen LogP contribution in [-0.2, 0) is 0 Å². The molecular formula is C11H9N5O2. The van der Waals surface area contributed by atoms with Gasteiger partial charge in [0.05, 0.1) is 10.6 Å². The van der Waals surface area contributed by atoms with Gasteiger partial charge in [0.15, 0.2) is 11.5 Å². The van der Waals surface area contributed by atoms with E-state index < -0.39 is 4.92 Å². The summed E-state index contributed by atoms with van der Waals surface area (Å²) < 4.78 is 1.63. The maximum Gasteiger partial charge on any atom is 0.270 e. The minimum atomic E-state index is -0.429. The van der Waals surface area contributed by atoms with E-state index in [0.29, 0.717) is 11.4 Å². The molecule has 0 unspecified atom stereocenters. The van der Waals surface area contributed by atoms with Crippen molar-refractivity contribution in [1.29, 1.82) is 0 Å². The van der Waals surface area contributed by atoms with Gasteiger partial charge in [-0.25, -0.2) is 0 Å². The van der Waals surface area contributed by atoms with Gasteiger partial charge in [0.2, 0.25) is 0 Å². The van der Waals surface area contributed by atoms with E-state index in [1.807, 2.05) is 13.0 Å². The van der Waals surface area contributed by atoms with E-state index in [2.05, 4.69) is 15.3 Å². The Balaban J connectivity index is 2.19. The second-order valence-electron chi connectivity index (χ2n) is 3.94. The zero-order chi connectivity index (χ0) is 12.7. The molecule has 1 N–H and O–H groups in total. The predicted octanol–water partition coefficient (Wildman–Crippen LogP) is 1.94. The molecule has 0 aliphatic heterocycles. The molecule has 3 aromatic rings. The van der Waals surface area contributed by atoms with Gasteiger partial charge in [0.25, 0.3) is 5.69 Å². The lowest BCUT2D eigenvalue weighted by molar-refractivity contribution is -0.384. The van der Waals surface area contributed by atoms with Gasteiger partial charge in [-0.2, -0.15) is 14.7 Å². The Morgan fingerprint density at radius 2 is 2.22 bits per heavy atom. The molecular weight excluding hydrogens is 234 g/mol. The fourth-order valence-corrected chi connectivity index (χ4v) is 1.84. The number of benzene rings is 1. The monoisotopic (exact) mass is 243 g/mol. The largest absolute Gasteiger partial charge is 0.270 e. The van der Waals surface area contributed by atoms with E-state index in [4.69, 9.17) is 0 Å². The van der Waals surface area contributed by atoms with Crippen LogP contribution in [0, 0.1) is 17.0 Å². The Morgan fingerprint density at radius 3 is 3.00 bits per heavy atom. The Hall–Kier alpha value is -2.70. The molecule has 0 fully saturated rings. The Bertz CT molecular complexity index is 743. The van der Waals surface area contributed by atoms with E-state index in [1.165, 1.54) is 12.1 Å². The molecule has 7 heteroatoms. The van der Waals surface area contributed by atoms with E-state index in [-0.39, 0.29) is 5.69 Å². The number of aromatic nitrogens is 4. The minimum absolute atomic E-state index is 0.0347. The van der Waals surface area contributed by atoms with E-state index in [1.54, 1.807) is 16.6 Å². The third kappa shape index (κ3) is 1.53. The number of H-pyrrole nitrogens is 1. The third-order valence-corrected chi connectivity index (χ3v) is 2.62. The number of aryl methyl sites for hydroxylation is 1. The van der Waals surface area contributed by atoms with Crippen molar-refractivity contribution in [3.8, 4) is 11.4 Å². The summed E-state index contributed by atoms with van der Waals surface area (Å²) in [6.45, 7) is 1.87. The number of aromatic amines is 1. The average Bonchev–Trinajstić information content (AvgIpc) is 2.87. The second-order valence-corrected chi connectivity index (χ2v) is 3.94. The first-order chi connectivity index (χ1) is 8.65. The smallest absolute Gasteiger partial charge is 0.259 e. The summed E-state index contributed by atoms with van der Waals surface area (Å²) in [6.07, 6.45) is 0. The molecule has 0 radical (unpaired) electrons. The van der Waals surface area contributed by atoms with E-state index in [0.717, 1.165) is 11.3 Å². The molecule has 0 amide bonds. The Kier molecular flexibility index (Phi) is 2.12. The average molecular weight is 243 g/mol. The highest BCUT2D eigenvalue weighted by atomic mass is 16.6. The molecule has 0 spiro atoms. The summed E-state index contributed by atoms with van der Waals surface area (Å²) in [4.78, 5) is 10.3. The van der Waals surface area contributed by atoms with Crippen LogP contribution in [0.25, 0.3) is 17.0 Å². The van der Waals surface area contributed by atoms with Crippen molar-refractivity contribution in [3.63, 3.8) is 0 Å². The molecule has 0 bridgehead atoms. The second kappa shape index (κ2) is 3.66. The van der Waals surface area contributed by atoms with Crippen LogP contribution >= 0.6 is 0 Å². The number of rotatable bonds is 2. The van der Waals surface area contributed by atoms with Gasteiger partial charge in [0, 0.05) is 23.8 Å². The summed E-state index contributed by atoms with van der Waals surface area (Å²) in [7, 11) is 0. The van der Waals surface area contributed by atoms with Crippen molar-refractivity contribution >= 4 is 11.3 Å². The first-order valence-electron chi connectivity index (χ1n) is 5.31. The van der Waals surface area contributed by atoms with Gasteiger partial charge in [0.1, 0.15) is 0 Å². The molecule has 3 rings (SSSR count). The molecule has 0 aliphatic carbocycles. The van der Waals surface area contributed by atoms with E-state index in [9.17, 15) is 10.1 Å². The molecule has 0 aliphatic rings. The standard InChI is InChI=1S/C11H9N5O2/c1-7-5-10-12-13-11(15(10)14-7)8-3-2-4-9(6-8)16(17)18/h2-6,12H,1H3. The maximum atomic E-state index is 10.7. The predicted molar refractivity (Wildman–Crippen MR) is 64.2 cm³/mol. The third-order valence-electron chi connectivity index (χ3n) is 2.62. The summed E-state index contributed by atoms with van der Waals surface area (Å²) >= 11 is 0. The lowest BCUT2D eigenvalue weighted by Crippen LogP contribution is -1.93. The molecule has 2 heterocycles. The van der Waals surface area contributed by atoms with Gasteiger partial charge in [-0.3, -0.25) is 15.2 Å². The maximum absolute atomic E-state index is 10.7. The molecule has 0 atom stereocenters. The lowest BCUT2D eigenvalue weighted by Gasteiger charge is -1.97. The molecule has 0 saturated heterocycles. The molecule has 2 aromatic heterocycles. The first kappa shape index (κ1) is 10.5. The lowest BCUT2D eigenvalue weighted by atomic mass is 10.2. The number of non-ortho nitro benzene ring substituents is 1. The summed E-state index contributed by atoms with van der Waals surface area (Å²) in [5.41, 5.74) is 2.30. The summed E-state index contributed by atoms with van der Waals surface area (Å²) in [5.74, 6) is 0.557. The van der Waals surface area contributed by atoms with Crippen LogP contribution in [0.1, 0.15) is 5.69 Å².